The fourth-order valence-corrected chi connectivity index (χ4v) is 1.44. The van der Waals surface area contributed by atoms with E-state index in [-0.39, 0.29) is 5.69 Å². The molecule has 0 radical (unpaired) electrons. The maximum Gasteiger partial charge on any atom is 0.435 e. The molecule has 7 heteroatoms. The molecule has 1 heterocycles. The summed E-state index contributed by atoms with van der Waals surface area (Å²) in [5.74, 6) is 0. The molecule has 0 spiro atoms. The summed E-state index contributed by atoms with van der Waals surface area (Å²) in [6.07, 6.45) is -3.33. The number of halogens is 3. The van der Waals surface area contributed by atoms with E-state index < -0.39 is 11.9 Å². The lowest BCUT2D eigenvalue weighted by atomic mass is 10.2. The van der Waals surface area contributed by atoms with Gasteiger partial charge in [-0.1, -0.05) is 0 Å². The number of hydrogen-bond acceptors (Lipinski definition) is 3. The fraction of sp³-hybridized carbons (Fsp3) is 0.0909. The van der Waals surface area contributed by atoms with Crippen LogP contribution in [0.2, 0.25) is 0 Å². The zero-order valence-corrected chi connectivity index (χ0v) is 8.94. The Morgan fingerprint density at radius 1 is 1.28 bits per heavy atom. The molecule has 0 saturated carbocycles. The Kier molecular flexibility index (Phi) is 2.71. The molecule has 1 aromatic carbocycles. The molecule has 2 N–H and O–H groups in total. The Morgan fingerprint density at radius 3 is 2.50 bits per heavy atom. The zero-order valence-electron chi connectivity index (χ0n) is 8.94. The lowest BCUT2D eigenvalue weighted by Gasteiger charge is -2.06. The van der Waals surface area contributed by atoms with Crippen LogP contribution in [0.25, 0.3) is 5.69 Å². The summed E-state index contributed by atoms with van der Waals surface area (Å²) < 4.78 is 38.2. The molecule has 92 valence electrons. The van der Waals surface area contributed by atoms with Gasteiger partial charge in [-0.2, -0.15) is 23.5 Å². The Labute approximate surface area is 100 Å². The van der Waals surface area contributed by atoms with E-state index in [0.29, 0.717) is 11.3 Å². The van der Waals surface area contributed by atoms with Crippen molar-refractivity contribution in [2.75, 3.05) is 5.73 Å². The van der Waals surface area contributed by atoms with Crippen LogP contribution >= 0.6 is 0 Å². The van der Waals surface area contributed by atoms with Crippen LogP contribution in [0.15, 0.2) is 30.5 Å². The van der Waals surface area contributed by atoms with Crippen LogP contribution in [0.1, 0.15) is 11.3 Å². The van der Waals surface area contributed by atoms with Crippen LogP contribution in [0.4, 0.5) is 18.9 Å². The molecule has 4 nitrogen and oxygen atoms in total. The van der Waals surface area contributed by atoms with Crippen LogP contribution in [0.5, 0.6) is 0 Å². The first-order chi connectivity index (χ1) is 8.41. The summed E-state index contributed by atoms with van der Waals surface area (Å²) in [5, 5.41) is 12.1. The number of rotatable bonds is 1. The smallest absolute Gasteiger partial charge is 0.397 e. The summed E-state index contributed by atoms with van der Waals surface area (Å²) in [7, 11) is 0. The number of hydrogen-bond donors (Lipinski definition) is 1. The van der Waals surface area contributed by atoms with E-state index in [0.717, 1.165) is 10.7 Å². The van der Waals surface area contributed by atoms with Crippen molar-refractivity contribution in [1.29, 1.82) is 5.26 Å². The fourth-order valence-electron chi connectivity index (χ4n) is 1.44. The molecule has 0 saturated heterocycles. The third kappa shape index (κ3) is 2.13. The van der Waals surface area contributed by atoms with E-state index in [1.807, 2.05) is 6.07 Å². The van der Waals surface area contributed by atoms with E-state index in [9.17, 15) is 13.2 Å². The summed E-state index contributed by atoms with van der Waals surface area (Å²) in [6.45, 7) is 0. The van der Waals surface area contributed by atoms with Gasteiger partial charge in [0.25, 0.3) is 0 Å². The first-order valence-electron chi connectivity index (χ1n) is 4.84. The predicted molar refractivity (Wildman–Crippen MR) is 57.7 cm³/mol. The molecule has 0 bridgehead atoms. The second-order valence-corrected chi connectivity index (χ2v) is 3.53. The number of nitrogens with two attached hydrogens (primary N) is 1. The van der Waals surface area contributed by atoms with Crippen LogP contribution in [0, 0.1) is 11.3 Å². The third-order valence-electron chi connectivity index (χ3n) is 2.28. The molecule has 1 aromatic heterocycles. The molecule has 2 aromatic rings. The van der Waals surface area contributed by atoms with Crippen molar-refractivity contribution >= 4 is 5.69 Å². The summed E-state index contributed by atoms with van der Waals surface area (Å²) >= 11 is 0. The van der Waals surface area contributed by atoms with Gasteiger partial charge in [0.2, 0.25) is 0 Å². The molecule has 0 fully saturated rings. The van der Waals surface area contributed by atoms with Crippen LogP contribution < -0.4 is 5.73 Å². The minimum absolute atomic E-state index is 0.186. The highest BCUT2D eigenvalue weighted by atomic mass is 19.4. The lowest BCUT2D eigenvalue weighted by Crippen LogP contribution is -2.08. The number of nitriles is 1. The second-order valence-electron chi connectivity index (χ2n) is 3.53. The molecule has 0 aliphatic carbocycles. The maximum absolute atomic E-state index is 12.4. The molecular formula is C11H7F3N4. The van der Waals surface area contributed by atoms with Gasteiger partial charge in [0.05, 0.1) is 23.0 Å². The van der Waals surface area contributed by atoms with E-state index in [1.165, 1.54) is 24.4 Å². The van der Waals surface area contributed by atoms with E-state index in [1.54, 1.807) is 0 Å². The Balaban J connectivity index is 2.44. The summed E-state index contributed by atoms with van der Waals surface area (Å²) in [5.41, 5.74) is 5.47. The molecule has 0 aliphatic heterocycles. The van der Waals surface area contributed by atoms with Crippen LogP contribution in [0.3, 0.4) is 0 Å². The zero-order chi connectivity index (χ0) is 13.3. The van der Waals surface area contributed by atoms with Crippen molar-refractivity contribution in [3.05, 3.63) is 41.7 Å². The molecular weight excluding hydrogens is 245 g/mol. The standard InChI is InChI=1S/C11H7F3N4/c12-11(13,14)10-3-4-18(17-10)9-2-1-7(6-15)5-8(9)16/h1-5H,16H2. The number of anilines is 1. The number of aromatic nitrogens is 2. The SMILES string of the molecule is N#Cc1ccc(-n2ccc(C(F)(F)F)n2)c(N)c1. The normalized spacial score (nSPS) is 11.2. The van der Waals surface area contributed by atoms with Gasteiger partial charge < -0.3 is 5.73 Å². The molecule has 0 amide bonds. The summed E-state index contributed by atoms with van der Waals surface area (Å²) in [6, 6.07) is 7.03. The number of benzene rings is 1. The number of alkyl halides is 3. The van der Waals surface area contributed by atoms with Crippen molar-refractivity contribution in [3.63, 3.8) is 0 Å². The van der Waals surface area contributed by atoms with Gasteiger partial charge in [-0.3, -0.25) is 0 Å². The van der Waals surface area contributed by atoms with Gasteiger partial charge in [-0.05, 0) is 24.3 Å². The average molecular weight is 252 g/mol. The highest BCUT2D eigenvalue weighted by Gasteiger charge is 2.33. The molecule has 0 aliphatic rings. The van der Waals surface area contributed by atoms with Crippen molar-refractivity contribution in [2.45, 2.75) is 6.18 Å². The molecule has 2 rings (SSSR count). The van der Waals surface area contributed by atoms with Crippen molar-refractivity contribution in [3.8, 4) is 11.8 Å². The van der Waals surface area contributed by atoms with Gasteiger partial charge in [-0.15, -0.1) is 0 Å². The summed E-state index contributed by atoms with van der Waals surface area (Å²) in [4.78, 5) is 0. The van der Waals surface area contributed by atoms with Crippen molar-refractivity contribution in [1.82, 2.24) is 9.78 Å². The monoisotopic (exact) mass is 252 g/mol. The van der Waals surface area contributed by atoms with Gasteiger partial charge in [0, 0.05) is 6.20 Å². The van der Waals surface area contributed by atoms with Crippen LogP contribution in [-0.2, 0) is 6.18 Å². The highest BCUT2D eigenvalue weighted by molar-refractivity contribution is 5.60. The number of nitrogens with zero attached hydrogens (tertiary/aromatic N) is 3. The molecule has 18 heavy (non-hydrogen) atoms. The van der Waals surface area contributed by atoms with E-state index in [2.05, 4.69) is 5.10 Å². The first-order valence-corrected chi connectivity index (χ1v) is 4.84. The quantitative estimate of drug-likeness (QED) is 0.792. The molecule has 0 unspecified atom stereocenters. The highest BCUT2D eigenvalue weighted by Crippen LogP contribution is 2.28. The third-order valence-corrected chi connectivity index (χ3v) is 2.28. The Bertz CT molecular complexity index is 622. The van der Waals surface area contributed by atoms with Gasteiger partial charge in [-0.25, -0.2) is 4.68 Å². The largest absolute Gasteiger partial charge is 0.435 e. The van der Waals surface area contributed by atoms with E-state index in [4.69, 9.17) is 11.0 Å². The lowest BCUT2D eigenvalue weighted by molar-refractivity contribution is -0.141. The topological polar surface area (TPSA) is 67.6 Å². The van der Waals surface area contributed by atoms with E-state index >= 15 is 0 Å². The minimum Gasteiger partial charge on any atom is -0.397 e. The van der Waals surface area contributed by atoms with Crippen molar-refractivity contribution in [2.24, 2.45) is 0 Å². The Morgan fingerprint density at radius 2 is 2.00 bits per heavy atom. The first kappa shape index (κ1) is 12.0. The Hall–Kier alpha value is -2.49. The molecule has 0 atom stereocenters. The van der Waals surface area contributed by atoms with Gasteiger partial charge in [0.1, 0.15) is 0 Å². The maximum atomic E-state index is 12.4. The second kappa shape index (κ2) is 4.07. The van der Waals surface area contributed by atoms with Gasteiger partial charge >= 0.3 is 6.18 Å². The van der Waals surface area contributed by atoms with Gasteiger partial charge in [0.15, 0.2) is 5.69 Å². The predicted octanol–water partition coefficient (Wildman–Crippen LogP) is 2.34. The van der Waals surface area contributed by atoms with Crippen LogP contribution in [-0.4, -0.2) is 9.78 Å². The van der Waals surface area contributed by atoms with Crippen molar-refractivity contribution < 1.29 is 13.2 Å². The minimum atomic E-state index is -4.49. The average Bonchev–Trinajstić information content (AvgIpc) is 2.77. The number of nitrogen functional groups attached to an aromatic ring is 1.